The zero-order valence-corrected chi connectivity index (χ0v) is 19.1. The predicted octanol–water partition coefficient (Wildman–Crippen LogP) is 1.88. The number of aldehydes is 1. The summed E-state index contributed by atoms with van der Waals surface area (Å²) < 4.78 is 6.01. The zero-order chi connectivity index (χ0) is 23.2. The Balaban J connectivity index is 0.00000110. The quantitative estimate of drug-likeness (QED) is 0.383. The van der Waals surface area contributed by atoms with Crippen molar-refractivity contribution in [3.05, 3.63) is 29.3 Å². The minimum absolute atomic E-state index is 0.347. The number of hydrogen-bond acceptors (Lipinski definition) is 6. The molecule has 8 nitrogen and oxygen atoms in total. The van der Waals surface area contributed by atoms with Gasteiger partial charge in [0.05, 0.1) is 12.6 Å². The molecule has 31 heavy (non-hydrogen) atoms. The van der Waals surface area contributed by atoms with E-state index in [9.17, 15) is 14.7 Å². The topological polar surface area (TPSA) is 108 Å². The minimum Gasteiger partial charge on any atom is -0.493 e. The van der Waals surface area contributed by atoms with E-state index in [0.717, 1.165) is 44.2 Å². The molecule has 2 atom stereocenters. The molecule has 0 aliphatic carbocycles. The van der Waals surface area contributed by atoms with Crippen molar-refractivity contribution in [2.45, 2.75) is 58.7 Å². The van der Waals surface area contributed by atoms with Crippen LogP contribution in [-0.4, -0.2) is 67.6 Å². The summed E-state index contributed by atoms with van der Waals surface area (Å²) in [5.41, 5.74) is 1.20. The van der Waals surface area contributed by atoms with Gasteiger partial charge in [0.25, 0.3) is 5.91 Å². The third kappa shape index (κ3) is 8.30. The molecular formula is C23H37N3O5. The number of amides is 2. The number of aliphatic hydroxyl groups is 1. The number of rotatable bonds is 10. The summed E-state index contributed by atoms with van der Waals surface area (Å²) in [6, 6.07) is 4.73. The number of carbonyl (C=O) groups excluding carboxylic acids is 3. The molecule has 2 amide bonds. The van der Waals surface area contributed by atoms with Crippen LogP contribution < -0.4 is 15.4 Å². The molecule has 1 aliphatic rings. The van der Waals surface area contributed by atoms with Crippen molar-refractivity contribution in [1.82, 2.24) is 15.5 Å². The van der Waals surface area contributed by atoms with E-state index in [1.807, 2.05) is 19.9 Å². The van der Waals surface area contributed by atoms with Gasteiger partial charge >= 0.3 is 0 Å². The molecule has 2 unspecified atom stereocenters. The first-order valence-corrected chi connectivity index (χ1v) is 10.9. The summed E-state index contributed by atoms with van der Waals surface area (Å²) in [6.45, 7) is 7.96. The average molecular weight is 436 g/mol. The Hall–Kier alpha value is -2.45. The van der Waals surface area contributed by atoms with Crippen molar-refractivity contribution in [1.29, 1.82) is 0 Å². The lowest BCUT2D eigenvalue weighted by atomic mass is 9.99. The maximum absolute atomic E-state index is 13.1. The van der Waals surface area contributed by atoms with Crippen LogP contribution in [0.1, 0.15) is 55.5 Å². The van der Waals surface area contributed by atoms with Gasteiger partial charge in [-0.05, 0) is 64.3 Å². The first kappa shape index (κ1) is 26.6. The molecule has 1 saturated heterocycles. The lowest BCUT2D eigenvalue weighted by Crippen LogP contribution is -2.47. The Kier molecular flexibility index (Phi) is 12.5. The number of aliphatic hydroxyl groups excluding tert-OH is 1. The van der Waals surface area contributed by atoms with Gasteiger partial charge in [-0.15, -0.1) is 0 Å². The Labute approximate surface area is 185 Å². The summed E-state index contributed by atoms with van der Waals surface area (Å²) in [7, 11) is 1.56. The van der Waals surface area contributed by atoms with Crippen molar-refractivity contribution in [2.75, 3.05) is 26.7 Å². The molecule has 1 aromatic rings. The Bertz CT molecular complexity index is 690. The fraction of sp³-hybridized carbons (Fsp3) is 0.609. The van der Waals surface area contributed by atoms with E-state index in [-0.39, 0.29) is 5.91 Å². The van der Waals surface area contributed by atoms with E-state index in [1.54, 1.807) is 19.2 Å². The molecule has 2 rings (SSSR count). The number of ether oxygens (including phenoxy) is 1. The summed E-state index contributed by atoms with van der Waals surface area (Å²) in [4.78, 5) is 34.9. The first-order valence-electron chi connectivity index (χ1n) is 10.9. The summed E-state index contributed by atoms with van der Waals surface area (Å²) in [5.74, 6) is 0.853. The number of benzene rings is 1. The highest BCUT2D eigenvalue weighted by Gasteiger charge is 2.29. The number of piperidine rings is 1. The van der Waals surface area contributed by atoms with Gasteiger partial charge in [-0.1, -0.05) is 19.4 Å². The zero-order valence-electron chi connectivity index (χ0n) is 19.1. The van der Waals surface area contributed by atoms with Gasteiger partial charge in [0.2, 0.25) is 6.41 Å². The summed E-state index contributed by atoms with van der Waals surface area (Å²) >= 11 is 0. The number of nitrogens with one attached hydrogen (secondary N) is 2. The van der Waals surface area contributed by atoms with Crippen LogP contribution in [0.2, 0.25) is 0 Å². The molecule has 1 fully saturated rings. The van der Waals surface area contributed by atoms with Gasteiger partial charge in [0, 0.05) is 18.2 Å². The molecule has 0 saturated carbocycles. The molecule has 8 heteroatoms. The maximum atomic E-state index is 13.1. The van der Waals surface area contributed by atoms with Gasteiger partial charge in [-0.25, -0.2) is 0 Å². The van der Waals surface area contributed by atoms with Gasteiger partial charge in [0.1, 0.15) is 18.3 Å². The number of carbonyl (C=O) groups is 3. The predicted molar refractivity (Wildman–Crippen MR) is 120 cm³/mol. The number of nitrogens with zero attached hydrogens (tertiary/aromatic N) is 1. The van der Waals surface area contributed by atoms with Crippen molar-refractivity contribution in [2.24, 2.45) is 5.92 Å². The van der Waals surface area contributed by atoms with Crippen LogP contribution in [0.25, 0.3) is 0 Å². The first-order chi connectivity index (χ1) is 14.9. The highest BCUT2D eigenvalue weighted by atomic mass is 16.5. The molecule has 174 valence electrons. The highest BCUT2D eigenvalue weighted by Crippen LogP contribution is 2.25. The maximum Gasteiger partial charge on any atom is 0.256 e. The SMILES string of the molecule is CCCC(C=O)N(C(=O)c1cccc(OCC2CCNCC2)c1C)C(C)O.CNC=O. The van der Waals surface area contributed by atoms with E-state index >= 15 is 0 Å². The van der Waals surface area contributed by atoms with Crippen molar-refractivity contribution in [3.8, 4) is 5.75 Å². The Morgan fingerprint density at radius 2 is 2.00 bits per heavy atom. The molecule has 0 bridgehead atoms. The fourth-order valence-electron chi connectivity index (χ4n) is 3.56. The third-order valence-corrected chi connectivity index (χ3v) is 5.30. The van der Waals surface area contributed by atoms with Crippen LogP contribution >= 0.6 is 0 Å². The average Bonchev–Trinajstić information content (AvgIpc) is 2.78. The molecule has 3 N–H and O–H groups in total. The molecule has 0 radical (unpaired) electrons. The van der Waals surface area contributed by atoms with E-state index in [4.69, 9.17) is 9.53 Å². The van der Waals surface area contributed by atoms with Crippen molar-refractivity contribution < 1.29 is 24.2 Å². The fourth-order valence-corrected chi connectivity index (χ4v) is 3.56. The smallest absolute Gasteiger partial charge is 0.256 e. The lowest BCUT2D eigenvalue weighted by Gasteiger charge is -2.31. The summed E-state index contributed by atoms with van der Waals surface area (Å²) in [5, 5.41) is 15.7. The van der Waals surface area contributed by atoms with Gasteiger partial charge in [-0.3, -0.25) is 9.59 Å². The highest BCUT2D eigenvalue weighted by molar-refractivity contribution is 5.97. The van der Waals surface area contributed by atoms with Gasteiger partial charge < -0.3 is 30.2 Å². The molecule has 1 aliphatic heterocycles. The normalized spacial score (nSPS) is 15.6. The Morgan fingerprint density at radius 3 is 2.52 bits per heavy atom. The lowest BCUT2D eigenvalue weighted by molar-refractivity contribution is -0.115. The van der Waals surface area contributed by atoms with Crippen LogP contribution in [0.3, 0.4) is 0 Å². The van der Waals surface area contributed by atoms with E-state index in [0.29, 0.717) is 36.7 Å². The third-order valence-electron chi connectivity index (χ3n) is 5.30. The molecule has 1 heterocycles. The van der Waals surface area contributed by atoms with E-state index in [1.165, 1.54) is 11.8 Å². The second kappa shape index (κ2) is 14.5. The molecule has 1 aromatic carbocycles. The summed E-state index contributed by atoms with van der Waals surface area (Å²) in [6.07, 6.45) is 3.76. The van der Waals surface area contributed by atoms with Crippen LogP contribution in [0.4, 0.5) is 0 Å². The van der Waals surface area contributed by atoms with Crippen LogP contribution in [0.15, 0.2) is 18.2 Å². The van der Waals surface area contributed by atoms with E-state index in [2.05, 4.69) is 10.6 Å². The number of hydrogen-bond donors (Lipinski definition) is 3. The monoisotopic (exact) mass is 435 g/mol. The van der Waals surface area contributed by atoms with E-state index < -0.39 is 12.3 Å². The standard InChI is InChI=1S/C21H32N2O4.C2H5NO/c1-4-6-18(13-24)23(16(3)25)21(26)19-7-5-8-20(15(19)2)27-14-17-9-11-22-12-10-17;1-3-2-4/h5,7-8,13,16-18,22,25H,4,6,9-12,14H2,1-3H3;2H,1H3,(H,3,4). The minimum atomic E-state index is -1.04. The largest absolute Gasteiger partial charge is 0.493 e. The van der Waals surface area contributed by atoms with Gasteiger partial charge in [0.15, 0.2) is 0 Å². The molecule has 0 spiro atoms. The van der Waals surface area contributed by atoms with Gasteiger partial charge in [-0.2, -0.15) is 0 Å². The van der Waals surface area contributed by atoms with Crippen LogP contribution in [0.5, 0.6) is 5.75 Å². The van der Waals surface area contributed by atoms with Crippen LogP contribution in [-0.2, 0) is 9.59 Å². The second-order valence-electron chi connectivity index (χ2n) is 7.68. The Morgan fingerprint density at radius 1 is 1.35 bits per heavy atom. The molecule has 0 aromatic heterocycles. The molecular weight excluding hydrogens is 398 g/mol. The van der Waals surface area contributed by atoms with Crippen molar-refractivity contribution >= 4 is 18.6 Å². The van der Waals surface area contributed by atoms with Crippen molar-refractivity contribution in [3.63, 3.8) is 0 Å². The second-order valence-corrected chi connectivity index (χ2v) is 7.68. The van der Waals surface area contributed by atoms with Crippen LogP contribution in [0, 0.1) is 12.8 Å².